The van der Waals surface area contributed by atoms with Gasteiger partial charge in [0.15, 0.2) is 0 Å². The lowest BCUT2D eigenvalue weighted by Gasteiger charge is -2.02. The summed E-state index contributed by atoms with van der Waals surface area (Å²) >= 11 is 0. The number of nitriles is 2. The van der Waals surface area contributed by atoms with E-state index in [2.05, 4.69) is 17.9 Å². The Balaban J connectivity index is 2.78. The van der Waals surface area contributed by atoms with Gasteiger partial charge in [0.2, 0.25) is 0 Å². The van der Waals surface area contributed by atoms with E-state index in [1.807, 2.05) is 6.07 Å². The highest BCUT2D eigenvalue weighted by atomic mass is 16.5. The van der Waals surface area contributed by atoms with Gasteiger partial charge in [-0.1, -0.05) is 11.8 Å². The lowest BCUT2D eigenvalue weighted by atomic mass is 10.1. The summed E-state index contributed by atoms with van der Waals surface area (Å²) in [7, 11) is 1.55. The van der Waals surface area contributed by atoms with Crippen LogP contribution in [0.25, 0.3) is 0 Å². The predicted molar refractivity (Wildman–Crippen MR) is 64.1 cm³/mol. The molecule has 3 nitrogen and oxygen atoms in total. The molecule has 0 atom stereocenters. The van der Waals surface area contributed by atoms with Gasteiger partial charge in [-0.3, -0.25) is 0 Å². The van der Waals surface area contributed by atoms with E-state index in [0.29, 0.717) is 24.2 Å². The summed E-state index contributed by atoms with van der Waals surface area (Å²) in [6.07, 6.45) is 2.00. The summed E-state index contributed by atoms with van der Waals surface area (Å²) in [6, 6.07) is 9.27. The van der Waals surface area contributed by atoms with Crippen LogP contribution >= 0.6 is 0 Å². The van der Waals surface area contributed by atoms with Crippen molar-refractivity contribution >= 4 is 0 Å². The van der Waals surface area contributed by atoms with Crippen molar-refractivity contribution in [3.63, 3.8) is 0 Å². The molecule has 0 aliphatic heterocycles. The Kier molecular flexibility index (Phi) is 5.15. The van der Waals surface area contributed by atoms with Gasteiger partial charge in [0.25, 0.3) is 0 Å². The molecule has 0 amide bonds. The Hall–Kier alpha value is -2.44. The smallest absolute Gasteiger partial charge is 0.135 e. The molecule has 0 spiro atoms. The summed E-state index contributed by atoms with van der Waals surface area (Å²) in [4.78, 5) is 0. The molecule has 0 saturated heterocycles. The van der Waals surface area contributed by atoms with Gasteiger partial charge in [-0.2, -0.15) is 10.5 Å². The van der Waals surface area contributed by atoms with Gasteiger partial charge in [-0.05, 0) is 24.6 Å². The Bertz CT molecular complexity index is 524. The van der Waals surface area contributed by atoms with Gasteiger partial charge < -0.3 is 4.74 Å². The minimum Gasteiger partial charge on any atom is -0.495 e. The summed E-state index contributed by atoms with van der Waals surface area (Å²) in [5.74, 6) is 6.57. The van der Waals surface area contributed by atoms with Crippen LogP contribution in [0.4, 0.5) is 0 Å². The highest BCUT2D eigenvalue weighted by Gasteiger charge is 2.01. The predicted octanol–water partition coefficient (Wildman–Crippen LogP) is 2.61. The van der Waals surface area contributed by atoms with E-state index in [4.69, 9.17) is 15.3 Å². The standard InChI is InChI=1S/C14H12N2O/c1-17-14-10-12(11-16)7-8-13(14)6-4-2-3-5-9-15/h7-8,10H,2-3,5H2,1H3. The molecule has 0 bridgehead atoms. The fourth-order valence-electron chi connectivity index (χ4n) is 1.28. The van der Waals surface area contributed by atoms with Crippen LogP contribution in [0.5, 0.6) is 5.75 Å². The molecule has 0 fully saturated rings. The quantitative estimate of drug-likeness (QED) is 0.585. The van der Waals surface area contributed by atoms with Crippen molar-refractivity contribution in [2.45, 2.75) is 19.3 Å². The normalized spacial score (nSPS) is 8.41. The molecule has 1 rings (SSSR count). The third-order valence-electron chi connectivity index (χ3n) is 2.14. The first-order chi connectivity index (χ1) is 8.31. The van der Waals surface area contributed by atoms with E-state index in [1.165, 1.54) is 0 Å². The van der Waals surface area contributed by atoms with Gasteiger partial charge in [-0.25, -0.2) is 0 Å². The van der Waals surface area contributed by atoms with E-state index >= 15 is 0 Å². The zero-order valence-corrected chi connectivity index (χ0v) is 9.66. The number of ether oxygens (including phenoxy) is 1. The first kappa shape index (κ1) is 12.6. The highest BCUT2D eigenvalue weighted by Crippen LogP contribution is 2.18. The summed E-state index contributed by atoms with van der Waals surface area (Å²) in [5, 5.41) is 17.1. The number of hydrogen-bond acceptors (Lipinski definition) is 3. The van der Waals surface area contributed by atoms with Crippen LogP contribution in [0.2, 0.25) is 0 Å². The lowest BCUT2D eigenvalue weighted by Crippen LogP contribution is -1.88. The molecule has 17 heavy (non-hydrogen) atoms. The van der Waals surface area contributed by atoms with E-state index in [1.54, 1.807) is 25.3 Å². The van der Waals surface area contributed by atoms with Crippen molar-refractivity contribution in [1.29, 1.82) is 10.5 Å². The van der Waals surface area contributed by atoms with Crippen LogP contribution in [-0.2, 0) is 0 Å². The van der Waals surface area contributed by atoms with Crippen LogP contribution in [0.3, 0.4) is 0 Å². The first-order valence-electron chi connectivity index (χ1n) is 5.25. The van der Waals surface area contributed by atoms with Gasteiger partial charge >= 0.3 is 0 Å². The van der Waals surface area contributed by atoms with Crippen LogP contribution in [0, 0.1) is 34.5 Å². The molecule has 0 aliphatic carbocycles. The monoisotopic (exact) mass is 224 g/mol. The summed E-state index contributed by atoms with van der Waals surface area (Å²) in [6.45, 7) is 0. The third-order valence-corrected chi connectivity index (χ3v) is 2.14. The number of unbranched alkanes of at least 4 members (excludes halogenated alkanes) is 2. The maximum absolute atomic E-state index is 8.75. The highest BCUT2D eigenvalue weighted by molar-refractivity contribution is 5.50. The molecule has 1 aromatic carbocycles. The van der Waals surface area contributed by atoms with E-state index < -0.39 is 0 Å². The number of rotatable bonds is 3. The topological polar surface area (TPSA) is 56.8 Å². The molecule has 0 saturated carbocycles. The maximum atomic E-state index is 8.75. The molecule has 0 heterocycles. The van der Waals surface area contributed by atoms with Crippen LogP contribution < -0.4 is 4.74 Å². The van der Waals surface area contributed by atoms with Crippen molar-refractivity contribution < 1.29 is 4.74 Å². The lowest BCUT2D eigenvalue weighted by molar-refractivity contribution is 0.413. The molecule has 84 valence electrons. The second-order valence-corrected chi connectivity index (χ2v) is 3.34. The van der Waals surface area contributed by atoms with Gasteiger partial charge in [-0.15, -0.1) is 0 Å². The SMILES string of the molecule is COc1cc(C#N)ccc1C#CCCCC#N. The number of methoxy groups -OCH3 is 1. The van der Waals surface area contributed by atoms with Gasteiger partial charge in [0, 0.05) is 12.8 Å². The van der Waals surface area contributed by atoms with Crippen molar-refractivity contribution in [3.05, 3.63) is 29.3 Å². The molecule has 0 N–H and O–H groups in total. The van der Waals surface area contributed by atoms with E-state index in [0.717, 1.165) is 12.0 Å². The summed E-state index contributed by atoms with van der Waals surface area (Å²) in [5.41, 5.74) is 1.32. The number of hydrogen-bond donors (Lipinski definition) is 0. The Morgan fingerprint density at radius 3 is 2.71 bits per heavy atom. The molecule has 0 radical (unpaired) electrons. The Morgan fingerprint density at radius 1 is 1.24 bits per heavy atom. The summed E-state index contributed by atoms with van der Waals surface area (Å²) < 4.78 is 5.16. The van der Waals surface area contributed by atoms with Crippen molar-refractivity contribution in [3.8, 4) is 29.7 Å². The zero-order valence-electron chi connectivity index (χ0n) is 9.66. The van der Waals surface area contributed by atoms with Crippen LogP contribution in [0.1, 0.15) is 30.4 Å². The maximum Gasteiger partial charge on any atom is 0.135 e. The first-order valence-corrected chi connectivity index (χ1v) is 5.25. The fraction of sp³-hybridized carbons (Fsp3) is 0.286. The number of nitrogens with zero attached hydrogens (tertiary/aromatic N) is 2. The average Bonchev–Trinajstić information content (AvgIpc) is 2.38. The van der Waals surface area contributed by atoms with Crippen molar-refractivity contribution in [2.75, 3.05) is 7.11 Å². The minimum atomic E-state index is 0.527. The van der Waals surface area contributed by atoms with Gasteiger partial charge in [0.05, 0.1) is 30.4 Å². The van der Waals surface area contributed by atoms with E-state index in [-0.39, 0.29) is 0 Å². The van der Waals surface area contributed by atoms with Gasteiger partial charge in [0.1, 0.15) is 5.75 Å². The van der Waals surface area contributed by atoms with Crippen LogP contribution in [0.15, 0.2) is 18.2 Å². The molecule has 0 unspecified atom stereocenters. The average molecular weight is 224 g/mol. The Morgan fingerprint density at radius 2 is 2.06 bits per heavy atom. The molecule has 0 aromatic heterocycles. The molecule has 3 heteroatoms. The molecular formula is C14H12N2O. The second-order valence-electron chi connectivity index (χ2n) is 3.34. The zero-order chi connectivity index (χ0) is 12.5. The third kappa shape index (κ3) is 3.90. The number of benzene rings is 1. The molecule has 1 aromatic rings. The molecular weight excluding hydrogens is 212 g/mol. The van der Waals surface area contributed by atoms with Crippen LogP contribution in [-0.4, -0.2) is 7.11 Å². The van der Waals surface area contributed by atoms with E-state index in [9.17, 15) is 0 Å². The Labute approximate surface area is 101 Å². The second kappa shape index (κ2) is 6.94. The van der Waals surface area contributed by atoms with Crippen molar-refractivity contribution in [2.24, 2.45) is 0 Å². The largest absolute Gasteiger partial charge is 0.495 e. The fourth-order valence-corrected chi connectivity index (χ4v) is 1.28. The molecule has 0 aliphatic rings. The minimum absolute atomic E-state index is 0.527. The van der Waals surface area contributed by atoms with Crippen molar-refractivity contribution in [1.82, 2.24) is 0 Å².